The van der Waals surface area contributed by atoms with Crippen molar-refractivity contribution in [2.45, 2.75) is 26.3 Å². The minimum atomic E-state index is -0.278. The van der Waals surface area contributed by atoms with Crippen molar-refractivity contribution in [3.05, 3.63) is 54.2 Å². The lowest BCUT2D eigenvalue weighted by atomic mass is 9.99. The van der Waals surface area contributed by atoms with E-state index in [0.717, 1.165) is 42.6 Å². The highest BCUT2D eigenvalue weighted by atomic mass is 16.4. The summed E-state index contributed by atoms with van der Waals surface area (Å²) >= 11 is 0. The first-order valence-corrected chi connectivity index (χ1v) is 9.65. The molecule has 0 atom stereocenters. The second-order valence-corrected chi connectivity index (χ2v) is 7.46. The van der Waals surface area contributed by atoms with Crippen LogP contribution in [0.5, 0.6) is 0 Å². The Labute approximate surface area is 164 Å². The molecule has 1 fully saturated rings. The molecule has 3 aromatic heterocycles. The Morgan fingerprint density at radius 1 is 1.29 bits per heavy atom. The Kier molecular flexibility index (Phi) is 5.25. The zero-order valence-corrected chi connectivity index (χ0v) is 16.3. The van der Waals surface area contributed by atoms with E-state index in [-0.39, 0.29) is 5.91 Å². The van der Waals surface area contributed by atoms with E-state index in [0.29, 0.717) is 11.6 Å². The van der Waals surface area contributed by atoms with Gasteiger partial charge in [0.15, 0.2) is 5.76 Å². The van der Waals surface area contributed by atoms with E-state index >= 15 is 0 Å². The monoisotopic (exact) mass is 379 g/mol. The Bertz CT molecular complexity index is 939. The van der Waals surface area contributed by atoms with E-state index in [9.17, 15) is 4.79 Å². The van der Waals surface area contributed by atoms with Crippen molar-refractivity contribution >= 4 is 11.7 Å². The zero-order chi connectivity index (χ0) is 19.5. The van der Waals surface area contributed by atoms with Gasteiger partial charge < -0.3 is 9.73 Å². The summed E-state index contributed by atoms with van der Waals surface area (Å²) in [4.78, 5) is 19.1. The van der Waals surface area contributed by atoms with Gasteiger partial charge in [0.1, 0.15) is 11.6 Å². The molecule has 146 valence electrons. The number of nitrogens with one attached hydrogen (secondary N) is 1. The molecule has 3 aromatic rings. The molecule has 1 aliphatic heterocycles. The Balaban J connectivity index is 1.40. The van der Waals surface area contributed by atoms with Crippen LogP contribution in [-0.2, 0) is 13.6 Å². The van der Waals surface area contributed by atoms with E-state index in [1.165, 1.54) is 12.8 Å². The normalized spacial score (nSPS) is 15.6. The molecule has 28 heavy (non-hydrogen) atoms. The Morgan fingerprint density at radius 2 is 2.11 bits per heavy atom. The number of nitrogens with zero attached hydrogens (tertiary/aromatic N) is 4. The van der Waals surface area contributed by atoms with Crippen LogP contribution in [0.1, 0.15) is 36.1 Å². The number of carbonyl (C=O) groups is 1. The number of piperidine rings is 1. The maximum Gasteiger partial charge on any atom is 0.292 e. The van der Waals surface area contributed by atoms with Crippen molar-refractivity contribution in [3.63, 3.8) is 0 Å². The van der Waals surface area contributed by atoms with Gasteiger partial charge >= 0.3 is 0 Å². The van der Waals surface area contributed by atoms with Gasteiger partial charge in [-0.05, 0) is 56.1 Å². The third-order valence-electron chi connectivity index (χ3n) is 5.22. The number of hydrogen-bond donors (Lipinski definition) is 1. The van der Waals surface area contributed by atoms with Gasteiger partial charge in [0, 0.05) is 31.1 Å². The first kappa shape index (κ1) is 18.4. The molecule has 0 unspecified atom stereocenters. The number of amides is 1. The SMILES string of the molecule is CC1CCN(Cc2ccc(C(=O)Nc3cc(-c4cccnc4)nn3C)o2)CC1. The molecule has 7 nitrogen and oxygen atoms in total. The lowest BCUT2D eigenvalue weighted by Gasteiger charge is -2.29. The van der Waals surface area contributed by atoms with Crippen molar-refractivity contribution in [2.24, 2.45) is 13.0 Å². The molecule has 4 rings (SSSR count). The molecule has 7 heteroatoms. The van der Waals surface area contributed by atoms with Crippen LogP contribution >= 0.6 is 0 Å². The molecule has 1 aliphatic rings. The van der Waals surface area contributed by atoms with Gasteiger partial charge in [0.05, 0.1) is 12.2 Å². The number of aryl methyl sites for hydroxylation is 1. The average Bonchev–Trinajstić information content (AvgIpc) is 3.31. The predicted molar refractivity (Wildman–Crippen MR) is 107 cm³/mol. The molecule has 0 spiro atoms. The third kappa shape index (κ3) is 4.14. The molecular formula is C21H25N5O2. The average molecular weight is 379 g/mol. The summed E-state index contributed by atoms with van der Waals surface area (Å²) in [5.41, 5.74) is 1.65. The van der Waals surface area contributed by atoms with Crippen LogP contribution in [0, 0.1) is 5.92 Å². The highest BCUT2D eigenvalue weighted by molar-refractivity contribution is 6.02. The van der Waals surface area contributed by atoms with Gasteiger partial charge in [-0.2, -0.15) is 5.10 Å². The summed E-state index contributed by atoms with van der Waals surface area (Å²) in [6, 6.07) is 9.23. The van der Waals surface area contributed by atoms with Crippen molar-refractivity contribution in [3.8, 4) is 11.3 Å². The van der Waals surface area contributed by atoms with Gasteiger partial charge in [0.25, 0.3) is 5.91 Å². The van der Waals surface area contributed by atoms with Crippen molar-refractivity contribution < 1.29 is 9.21 Å². The fraction of sp³-hybridized carbons (Fsp3) is 0.381. The van der Waals surface area contributed by atoms with Gasteiger partial charge in [-0.1, -0.05) is 6.92 Å². The maximum absolute atomic E-state index is 12.6. The Morgan fingerprint density at radius 3 is 2.86 bits per heavy atom. The second-order valence-electron chi connectivity index (χ2n) is 7.46. The molecule has 0 radical (unpaired) electrons. The molecule has 0 aromatic carbocycles. The predicted octanol–water partition coefficient (Wildman–Crippen LogP) is 3.56. The number of aromatic nitrogens is 3. The first-order valence-electron chi connectivity index (χ1n) is 9.65. The molecule has 1 saturated heterocycles. The third-order valence-corrected chi connectivity index (χ3v) is 5.22. The topological polar surface area (TPSA) is 76.2 Å². The first-order chi connectivity index (χ1) is 13.6. The highest BCUT2D eigenvalue weighted by Gasteiger charge is 2.19. The van der Waals surface area contributed by atoms with Gasteiger partial charge in [0.2, 0.25) is 0 Å². The van der Waals surface area contributed by atoms with Crippen LogP contribution in [0.4, 0.5) is 5.82 Å². The van der Waals surface area contributed by atoms with Crippen LogP contribution in [0.2, 0.25) is 0 Å². The largest absolute Gasteiger partial charge is 0.455 e. The molecule has 0 saturated carbocycles. The van der Waals surface area contributed by atoms with E-state index in [1.807, 2.05) is 24.3 Å². The van der Waals surface area contributed by atoms with Crippen molar-refractivity contribution in [1.82, 2.24) is 19.7 Å². The van der Waals surface area contributed by atoms with E-state index in [1.54, 1.807) is 30.2 Å². The molecule has 4 heterocycles. The summed E-state index contributed by atoms with van der Waals surface area (Å²) in [6.07, 6.45) is 5.89. The van der Waals surface area contributed by atoms with Gasteiger partial charge in [-0.15, -0.1) is 0 Å². The van der Waals surface area contributed by atoms with Crippen molar-refractivity contribution in [1.29, 1.82) is 0 Å². The number of anilines is 1. The number of hydrogen-bond acceptors (Lipinski definition) is 5. The second kappa shape index (κ2) is 7.98. The fourth-order valence-corrected chi connectivity index (χ4v) is 3.44. The lowest BCUT2D eigenvalue weighted by Crippen LogP contribution is -2.32. The number of likely N-dealkylation sites (tertiary alicyclic amines) is 1. The minimum absolute atomic E-state index is 0.278. The van der Waals surface area contributed by atoms with Gasteiger partial charge in [-0.25, -0.2) is 0 Å². The number of carbonyl (C=O) groups excluding carboxylic acids is 1. The highest BCUT2D eigenvalue weighted by Crippen LogP contribution is 2.22. The van der Waals surface area contributed by atoms with E-state index in [4.69, 9.17) is 4.42 Å². The number of pyridine rings is 1. The smallest absolute Gasteiger partial charge is 0.292 e. The number of furan rings is 1. The number of rotatable bonds is 5. The van der Waals surface area contributed by atoms with E-state index in [2.05, 4.69) is 27.2 Å². The molecule has 1 N–H and O–H groups in total. The standard InChI is InChI=1S/C21H25N5O2/c1-15-7-10-26(11-8-15)14-17-5-6-19(28-17)21(27)23-20-12-18(24-25(20)2)16-4-3-9-22-13-16/h3-6,9,12-13,15H,7-8,10-11,14H2,1-2H3,(H,23,27). The Hall–Kier alpha value is -2.93. The summed E-state index contributed by atoms with van der Waals surface area (Å²) < 4.78 is 7.42. The zero-order valence-electron chi connectivity index (χ0n) is 16.3. The van der Waals surface area contributed by atoms with Crippen LogP contribution < -0.4 is 5.32 Å². The molecule has 0 bridgehead atoms. The van der Waals surface area contributed by atoms with Gasteiger partial charge in [-0.3, -0.25) is 19.4 Å². The molecule has 0 aliphatic carbocycles. The summed E-state index contributed by atoms with van der Waals surface area (Å²) in [7, 11) is 1.79. The molecule has 1 amide bonds. The quantitative estimate of drug-likeness (QED) is 0.733. The van der Waals surface area contributed by atoms with Crippen LogP contribution in [0.25, 0.3) is 11.3 Å². The summed E-state index contributed by atoms with van der Waals surface area (Å²) in [6.45, 7) is 5.20. The fourth-order valence-electron chi connectivity index (χ4n) is 3.44. The minimum Gasteiger partial charge on any atom is -0.455 e. The maximum atomic E-state index is 12.6. The van der Waals surface area contributed by atoms with Crippen LogP contribution in [0.3, 0.4) is 0 Å². The summed E-state index contributed by atoms with van der Waals surface area (Å²) in [5.74, 6) is 2.25. The van der Waals surface area contributed by atoms with Crippen molar-refractivity contribution in [2.75, 3.05) is 18.4 Å². The molecular weight excluding hydrogens is 354 g/mol. The van der Waals surface area contributed by atoms with Crippen LogP contribution in [0.15, 0.2) is 47.1 Å². The summed E-state index contributed by atoms with van der Waals surface area (Å²) in [5, 5.41) is 7.31. The lowest BCUT2D eigenvalue weighted by molar-refractivity contribution is 0.0990. The van der Waals surface area contributed by atoms with E-state index < -0.39 is 0 Å². The van der Waals surface area contributed by atoms with Crippen LogP contribution in [-0.4, -0.2) is 38.7 Å².